The number of hydrogen-bond donors (Lipinski definition) is 1. The van der Waals surface area contributed by atoms with Crippen LogP contribution in [0, 0.1) is 4.77 Å². The summed E-state index contributed by atoms with van der Waals surface area (Å²) in [5, 5.41) is 0. The molecule has 5 heteroatoms. The summed E-state index contributed by atoms with van der Waals surface area (Å²) in [6, 6.07) is 14.2. The molecule has 0 spiro atoms. The van der Waals surface area contributed by atoms with E-state index < -0.39 is 0 Å². The Hall–Kier alpha value is -1.59. The number of nitrogens with one attached hydrogen (secondary N) is 1. The predicted octanol–water partition coefficient (Wildman–Crippen LogP) is 4.52. The molecule has 1 N–H and O–H groups in total. The van der Waals surface area contributed by atoms with Crippen LogP contribution in [-0.2, 0) is 6.54 Å². The van der Waals surface area contributed by atoms with Gasteiger partial charge < -0.3 is 14.3 Å². The molecule has 1 aromatic heterocycles. The molecule has 0 aliphatic rings. The van der Waals surface area contributed by atoms with Gasteiger partial charge >= 0.3 is 0 Å². The summed E-state index contributed by atoms with van der Waals surface area (Å²) >= 11 is 8.88. The minimum atomic E-state index is 0.730. The Kier molecular flexibility index (Phi) is 3.63. The summed E-state index contributed by atoms with van der Waals surface area (Å²) in [5.41, 5.74) is 3.33. The Morgan fingerprint density at radius 1 is 1.20 bits per heavy atom. The Labute approximate surface area is 130 Å². The second-order valence-electron chi connectivity index (χ2n) is 4.53. The molecule has 2 aromatic carbocycles. The number of halogens is 1. The summed E-state index contributed by atoms with van der Waals surface area (Å²) in [6.07, 6.45) is 0. The maximum atomic E-state index is 5.41. The van der Waals surface area contributed by atoms with Gasteiger partial charge in [0.15, 0.2) is 4.77 Å². The topological polar surface area (TPSA) is 29.9 Å². The molecule has 3 rings (SSSR count). The van der Waals surface area contributed by atoms with Crippen molar-refractivity contribution in [1.82, 2.24) is 9.55 Å². The third-order valence-corrected chi connectivity index (χ3v) is 4.05. The van der Waals surface area contributed by atoms with E-state index >= 15 is 0 Å². The van der Waals surface area contributed by atoms with Gasteiger partial charge in [-0.15, -0.1) is 0 Å². The minimum Gasteiger partial charge on any atom is -0.497 e. The van der Waals surface area contributed by atoms with Crippen LogP contribution >= 0.6 is 28.1 Å². The number of aromatic nitrogens is 2. The molecule has 0 bridgehead atoms. The maximum Gasteiger partial charge on any atom is 0.178 e. The van der Waals surface area contributed by atoms with Gasteiger partial charge in [0.05, 0.1) is 24.7 Å². The highest BCUT2D eigenvalue weighted by atomic mass is 79.9. The fourth-order valence-electron chi connectivity index (χ4n) is 2.21. The molecule has 0 saturated heterocycles. The summed E-state index contributed by atoms with van der Waals surface area (Å²) in [6.45, 7) is 0.741. The fraction of sp³-hybridized carbons (Fsp3) is 0.133. The standard InChI is InChI=1S/C15H13BrN2OS/c1-19-12-5-2-10(3-6-12)9-18-14-7-4-11(16)8-13(14)17-15(18)20/h2-8H,9H2,1H3,(H,17,20). The smallest absolute Gasteiger partial charge is 0.178 e. The molecule has 102 valence electrons. The lowest BCUT2D eigenvalue weighted by atomic mass is 10.2. The number of aromatic amines is 1. The second kappa shape index (κ2) is 5.42. The number of methoxy groups -OCH3 is 1. The number of benzene rings is 2. The molecule has 1 heterocycles. The number of nitrogens with zero attached hydrogens (tertiary/aromatic N) is 1. The summed E-state index contributed by atoms with van der Waals surface area (Å²) in [5.74, 6) is 0.861. The van der Waals surface area contributed by atoms with Crippen molar-refractivity contribution in [1.29, 1.82) is 0 Å². The lowest BCUT2D eigenvalue weighted by Gasteiger charge is -2.06. The Bertz CT molecular complexity index is 805. The van der Waals surface area contributed by atoms with Crippen molar-refractivity contribution in [3.05, 3.63) is 57.3 Å². The lowest BCUT2D eigenvalue weighted by Crippen LogP contribution is -1.99. The molecule has 0 amide bonds. The van der Waals surface area contributed by atoms with Gasteiger partial charge in [-0.1, -0.05) is 28.1 Å². The summed E-state index contributed by atoms with van der Waals surface area (Å²) < 4.78 is 9.04. The molecule has 3 aromatic rings. The first-order chi connectivity index (χ1) is 9.67. The van der Waals surface area contributed by atoms with Crippen LogP contribution in [0.5, 0.6) is 5.75 Å². The Balaban J connectivity index is 2.01. The highest BCUT2D eigenvalue weighted by molar-refractivity contribution is 9.10. The molecule has 0 unspecified atom stereocenters. The van der Waals surface area contributed by atoms with E-state index in [4.69, 9.17) is 17.0 Å². The lowest BCUT2D eigenvalue weighted by molar-refractivity contribution is 0.414. The zero-order valence-electron chi connectivity index (χ0n) is 10.9. The molecular formula is C15H13BrN2OS. The van der Waals surface area contributed by atoms with Gasteiger partial charge in [0.1, 0.15) is 5.75 Å². The normalized spacial score (nSPS) is 10.9. The minimum absolute atomic E-state index is 0.730. The maximum absolute atomic E-state index is 5.41. The van der Waals surface area contributed by atoms with Gasteiger partial charge in [-0.2, -0.15) is 0 Å². The molecule has 0 atom stereocenters. The van der Waals surface area contributed by atoms with Crippen LogP contribution in [0.15, 0.2) is 46.9 Å². The number of fused-ring (bicyclic) bond motifs is 1. The van der Waals surface area contributed by atoms with E-state index in [1.807, 2.05) is 24.3 Å². The van der Waals surface area contributed by atoms with Crippen LogP contribution < -0.4 is 4.74 Å². The number of H-pyrrole nitrogens is 1. The number of imidazole rings is 1. The molecule has 0 saturated carbocycles. The molecule has 20 heavy (non-hydrogen) atoms. The van der Waals surface area contributed by atoms with Crippen molar-refractivity contribution >= 4 is 39.2 Å². The van der Waals surface area contributed by atoms with E-state index in [9.17, 15) is 0 Å². The summed E-state index contributed by atoms with van der Waals surface area (Å²) in [4.78, 5) is 3.23. The van der Waals surface area contributed by atoms with Crippen LogP contribution in [0.2, 0.25) is 0 Å². The van der Waals surface area contributed by atoms with E-state index in [0.29, 0.717) is 0 Å². The van der Waals surface area contributed by atoms with Crippen LogP contribution in [0.4, 0.5) is 0 Å². The molecule has 0 fully saturated rings. The monoisotopic (exact) mass is 348 g/mol. The van der Waals surface area contributed by atoms with E-state index in [-0.39, 0.29) is 0 Å². The van der Waals surface area contributed by atoms with Crippen molar-refractivity contribution in [2.24, 2.45) is 0 Å². The van der Waals surface area contributed by atoms with Gasteiger partial charge in [-0.3, -0.25) is 0 Å². The van der Waals surface area contributed by atoms with Crippen LogP contribution in [0.3, 0.4) is 0 Å². The van der Waals surface area contributed by atoms with Crippen LogP contribution in [-0.4, -0.2) is 16.7 Å². The van der Waals surface area contributed by atoms with Gasteiger partial charge in [0, 0.05) is 4.47 Å². The van der Waals surface area contributed by atoms with Gasteiger partial charge in [0.25, 0.3) is 0 Å². The van der Waals surface area contributed by atoms with E-state index in [1.165, 1.54) is 5.56 Å². The SMILES string of the molecule is COc1ccc(Cn2c(=S)[nH]c3cc(Br)ccc32)cc1. The Morgan fingerprint density at radius 3 is 2.65 bits per heavy atom. The largest absolute Gasteiger partial charge is 0.497 e. The van der Waals surface area contributed by atoms with E-state index in [0.717, 1.165) is 32.6 Å². The van der Waals surface area contributed by atoms with Gasteiger partial charge in [0.2, 0.25) is 0 Å². The van der Waals surface area contributed by atoms with Gasteiger partial charge in [-0.05, 0) is 48.1 Å². The van der Waals surface area contributed by atoms with E-state index in [1.54, 1.807) is 7.11 Å². The highest BCUT2D eigenvalue weighted by Crippen LogP contribution is 2.21. The Morgan fingerprint density at radius 2 is 1.95 bits per heavy atom. The second-order valence-corrected chi connectivity index (χ2v) is 5.83. The third kappa shape index (κ3) is 2.51. The highest BCUT2D eigenvalue weighted by Gasteiger charge is 2.05. The van der Waals surface area contributed by atoms with Crippen molar-refractivity contribution in [3.8, 4) is 5.75 Å². The first-order valence-electron chi connectivity index (χ1n) is 6.18. The quantitative estimate of drug-likeness (QED) is 0.705. The molecule has 0 radical (unpaired) electrons. The van der Waals surface area contributed by atoms with E-state index in [2.05, 4.69) is 43.7 Å². The number of rotatable bonds is 3. The first kappa shape index (κ1) is 13.4. The first-order valence-corrected chi connectivity index (χ1v) is 7.38. The molecular weight excluding hydrogens is 336 g/mol. The molecule has 3 nitrogen and oxygen atoms in total. The zero-order chi connectivity index (χ0) is 14.1. The third-order valence-electron chi connectivity index (χ3n) is 3.24. The molecule has 0 aliphatic carbocycles. The number of hydrogen-bond acceptors (Lipinski definition) is 2. The zero-order valence-corrected chi connectivity index (χ0v) is 13.3. The van der Waals surface area contributed by atoms with Crippen LogP contribution in [0.25, 0.3) is 11.0 Å². The van der Waals surface area contributed by atoms with Crippen LogP contribution in [0.1, 0.15) is 5.56 Å². The van der Waals surface area contributed by atoms with Crippen molar-refractivity contribution < 1.29 is 4.74 Å². The van der Waals surface area contributed by atoms with Crippen molar-refractivity contribution in [2.75, 3.05) is 7.11 Å². The predicted molar refractivity (Wildman–Crippen MR) is 86.9 cm³/mol. The van der Waals surface area contributed by atoms with Gasteiger partial charge in [-0.25, -0.2) is 0 Å². The molecule has 0 aliphatic heterocycles. The summed E-state index contributed by atoms with van der Waals surface area (Å²) in [7, 11) is 1.67. The van der Waals surface area contributed by atoms with Crippen molar-refractivity contribution in [3.63, 3.8) is 0 Å². The van der Waals surface area contributed by atoms with Crippen molar-refractivity contribution in [2.45, 2.75) is 6.54 Å². The number of ether oxygens (including phenoxy) is 1. The average molecular weight is 349 g/mol. The average Bonchev–Trinajstić information content (AvgIpc) is 2.75. The fourth-order valence-corrected chi connectivity index (χ4v) is 2.84.